The molecule has 612 valence electrons. The molecule has 0 radical (unpaired) electrons. The van der Waals surface area contributed by atoms with Crippen molar-refractivity contribution in [2.45, 2.75) is 171 Å². The normalized spacial score (nSPS) is 14.4. The zero-order valence-electron chi connectivity index (χ0n) is 68.0. The Hall–Kier alpha value is -5.30. The van der Waals surface area contributed by atoms with E-state index in [4.69, 9.17) is 107 Å². The standard InChI is InChI=1S/C18H30O4Si.C17H28O4Si.C15H24O4Si.C13H20O3Si.C11H16O3Si.C9H10Cl2OSi/c1-5-15-19-18-13-11-17(12-14-18)10-9-16-23(20-6-2,21-7-3)22-8-4;1-5-18-17-13-11-16(12-14-17)10-9-15-22(19-6-2,20-7-3)21-8-4;1-5-13-16-14-9-11-15(12-10-14)20(17-6-2,18-7-3)19-8-4;1-3-14-17(15-4-2)11-7-9-12-8-5-6-10-13(12)16-17;1-12-15(13-2)9-5-7-10-6-3-4-8-11(10)14-15;10-13(11)7-3-5-8-4-1-2-6-9(8)12-13/h5,11-14H,1,6-10,15-16H2,2-4H3;5,11-14H,1,6-10,15H2,2-4H3;5,9-12H,1,6-8,13H2,2-4H3;5-6,8,10H,3-4,7,9,11H2,1-2H3;3-4,6,8H,5,7,9H2,1-2H3;1-2,4,6H,3,5,7H2. The van der Waals surface area contributed by atoms with E-state index in [0.717, 1.165) is 134 Å². The van der Waals surface area contributed by atoms with Crippen molar-refractivity contribution in [3.63, 3.8) is 0 Å². The molecule has 3 heterocycles. The molecule has 3 aliphatic heterocycles. The second kappa shape index (κ2) is 55.3. The van der Waals surface area contributed by atoms with Crippen molar-refractivity contribution in [2.24, 2.45) is 0 Å². The minimum Gasteiger partial charge on any atom is -0.518 e. The second-order valence-corrected chi connectivity index (χ2v) is 44.6. The van der Waals surface area contributed by atoms with Crippen molar-refractivity contribution < 1.29 is 85.0 Å². The average Bonchev–Trinajstić information content (AvgIpc) is 1.82. The van der Waals surface area contributed by atoms with E-state index in [-0.39, 0.29) is 0 Å². The molecular weight excluding hydrogens is 1540 g/mol. The van der Waals surface area contributed by atoms with Crippen molar-refractivity contribution in [1.82, 2.24) is 0 Å². The predicted molar refractivity (Wildman–Crippen MR) is 456 cm³/mol. The fourth-order valence-corrected chi connectivity index (χ4v) is 27.0. The minimum atomic E-state index is -2.80. The summed E-state index contributed by atoms with van der Waals surface area (Å²) in [7, 11) is -9.40. The largest absolute Gasteiger partial charge is 0.566 e. The molecule has 110 heavy (non-hydrogen) atoms. The number of aryl methyl sites for hydroxylation is 5. The Balaban J connectivity index is 0.000000281. The van der Waals surface area contributed by atoms with Crippen LogP contribution < -0.4 is 32.7 Å². The van der Waals surface area contributed by atoms with Gasteiger partial charge in [-0.1, -0.05) is 145 Å². The lowest BCUT2D eigenvalue weighted by atomic mass is 10.1. The molecule has 0 amide bonds. The number of benzene rings is 6. The van der Waals surface area contributed by atoms with Crippen molar-refractivity contribution in [3.8, 4) is 34.5 Å². The number of halogens is 2. The summed E-state index contributed by atoms with van der Waals surface area (Å²) < 4.78 is 109. The summed E-state index contributed by atoms with van der Waals surface area (Å²) in [5.41, 5.74) is 6.28. The first-order valence-electron chi connectivity index (χ1n) is 39.2. The van der Waals surface area contributed by atoms with Gasteiger partial charge in [0.15, 0.2) is 0 Å². The Morgan fingerprint density at radius 1 is 0.391 bits per heavy atom. The summed E-state index contributed by atoms with van der Waals surface area (Å²) in [4.78, 5) is 0. The maximum atomic E-state index is 6.12. The molecule has 0 spiro atoms. The maximum absolute atomic E-state index is 6.12. The van der Waals surface area contributed by atoms with Gasteiger partial charge in [-0.05, 0) is 223 Å². The molecule has 0 N–H and O–H groups in total. The third kappa shape index (κ3) is 34.8. The lowest BCUT2D eigenvalue weighted by molar-refractivity contribution is 0.0700. The van der Waals surface area contributed by atoms with Gasteiger partial charge in [0.25, 0.3) is 0 Å². The highest BCUT2D eigenvalue weighted by molar-refractivity contribution is 7.42. The topological polar surface area (TPSA) is 175 Å². The SMILES string of the molecule is C=CCOc1ccc(CCC[Si](OCC)(OCC)OCC)cc1.C=CCOc1ccc([Si](OCC)(OCC)OCC)cc1.C=COc1ccc(CCC[Si](OCC)(OCC)OCC)cc1.CCO[Si]1(OCC)CCCc2ccccc2O1.CO[Si]1(OC)CCCc2ccccc2O1.Cl[Si]1(Cl)CCCc2ccccc2O1. The molecule has 0 unspecified atom stereocenters. The quantitative estimate of drug-likeness (QED) is 0.0153. The minimum absolute atomic E-state index is 0.490. The van der Waals surface area contributed by atoms with Gasteiger partial charge in [-0.25, -0.2) is 0 Å². The summed E-state index contributed by atoms with van der Waals surface area (Å²) in [5, 5.41) is 0.953. The summed E-state index contributed by atoms with van der Waals surface area (Å²) >= 11 is 12.2. The first-order valence-corrected chi connectivity index (χ1v) is 52.8. The number of ether oxygens (including phenoxy) is 3. The number of hydrogen-bond acceptors (Lipinski definition) is 19. The highest BCUT2D eigenvalue weighted by Crippen LogP contribution is 2.36. The van der Waals surface area contributed by atoms with Gasteiger partial charge in [-0.2, -0.15) is 0 Å². The van der Waals surface area contributed by atoms with Gasteiger partial charge < -0.3 is 85.0 Å². The smallest absolute Gasteiger partial charge is 0.518 e. The molecule has 0 aromatic heterocycles. The Labute approximate surface area is 675 Å². The van der Waals surface area contributed by atoms with Crippen molar-refractivity contribution in [1.29, 1.82) is 0 Å². The Morgan fingerprint density at radius 3 is 1.08 bits per heavy atom. The van der Waals surface area contributed by atoms with Crippen LogP contribution in [0.1, 0.15) is 136 Å². The summed E-state index contributed by atoms with van der Waals surface area (Å²) in [6, 6.07) is 52.5. The number of fused-ring (bicyclic) bond motifs is 3. The Bertz CT molecular complexity index is 3360. The zero-order valence-corrected chi connectivity index (χ0v) is 75.5. The van der Waals surface area contributed by atoms with Crippen molar-refractivity contribution >= 4 is 78.3 Å². The molecule has 0 atom stereocenters. The average molecular weight is 1670 g/mol. The van der Waals surface area contributed by atoms with Gasteiger partial charge in [0.1, 0.15) is 47.7 Å². The molecule has 19 nitrogen and oxygen atoms in total. The highest BCUT2D eigenvalue weighted by atomic mass is 35.7. The van der Waals surface area contributed by atoms with Crippen LogP contribution in [0, 0.1) is 0 Å². The molecule has 0 bridgehead atoms. The van der Waals surface area contributed by atoms with Crippen LogP contribution in [0.15, 0.2) is 184 Å². The van der Waals surface area contributed by atoms with E-state index in [1.807, 2.05) is 173 Å². The van der Waals surface area contributed by atoms with E-state index in [1.165, 1.54) is 34.1 Å². The van der Waals surface area contributed by atoms with Gasteiger partial charge in [0.05, 0.1) is 6.26 Å². The number of hydrogen-bond donors (Lipinski definition) is 0. The molecule has 6 aromatic rings. The van der Waals surface area contributed by atoms with Crippen LogP contribution in [-0.2, 0) is 89.6 Å². The van der Waals surface area contributed by atoms with Crippen LogP contribution in [0.25, 0.3) is 0 Å². The summed E-state index contributed by atoms with van der Waals surface area (Å²) in [6.07, 6.45) is 15.1. The lowest BCUT2D eigenvalue weighted by Gasteiger charge is -2.28. The van der Waals surface area contributed by atoms with Crippen LogP contribution in [0.4, 0.5) is 0 Å². The van der Waals surface area contributed by atoms with E-state index >= 15 is 0 Å². The van der Waals surface area contributed by atoms with Crippen LogP contribution in [0.5, 0.6) is 34.5 Å². The van der Waals surface area contributed by atoms with Crippen LogP contribution in [0.2, 0.25) is 30.2 Å². The molecule has 0 saturated heterocycles. The fourth-order valence-electron chi connectivity index (χ4n) is 12.2. The van der Waals surface area contributed by atoms with E-state index in [2.05, 4.69) is 68.3 Å². The molecule has 27 heteroatoms. The fraction of sp³-hybridized carbons (Fsp3) is 0.494. The maximum Gasteiger partial charge on any atom is 0.566 e. The first-order chi connectivity index (χ1) is 53.4. The number of rotatable bonds is 41. The van der Waals surface area contributed by atoms with Gasteiger partial charge >= 0.3 is 51.0 Å². The van der Waals surface area contributed by atoms with Gasteiger partial charge in [-0.3, -0.25) is 0 Å². The highest BCUT2D eigenvalue weighted by Gasteiger charge is 2.47. The van der Waals surface area contributed by atoms with Crippen molar-refractivity contribution in [3.05, 3.63) is 212 Å². The van der Waals surface area contributed by atoms with Crippen LogP contribution in [0.3, 0.4) is 0 Å². The van der Waals surface area contributed by atoms with Gasteiger partial charge in [-0.15, -0.1) is 0 Å². The Kier molecular flexibility index (Phi) is 48.8. The monoisotopic (exact) mass is 1670 g/mol. The molecule has 6 aromatic carbocycles. The van der Waals surface area contributed by atoms with E-state index in [9.17, 15) is 0 Å². The van der Waals surface area contributed by atoms with Crippen molar-refractivity contribution in [2.75, 3.05) is 100 Å². The van der Waals surface area contributed by atoms with Crippen LogP contribution >= 0.6 is 22.2 Å². The Morgan fingerprint density at radius 2 is 0.727 bits per heavy atom. The van der Waals surface area contributed by atoms with Gasteiger partial charge in [0, 0.05) is 122 Å². The zero-order chi connectivity index (χ0) is 80.3. The summed E-state index contributed by atoms with van der Waals surface area (Å²) in [6.45, 7) is 37.9. The van der Waals surface area contributed by atoms with E-state index in [1.54, 1.807) is 26.4 Å². The third-order valence-electron chi connectivity index (χ3n) is 16.9. The molecule has 3 aliphatic rings. The van der Waals surface area contributed by atoms with Gasteiger partial charge in [0.2, 0.25) is 0 Å². The van der Waals surface area contributed by atoms with E-state index in [0.29, 0.717) is 85.9 Å². The number of para-hydroxylation sites is 3. The second-order valence-electron chi connectivity index (χ2n) is 24.8. The van der Waals surface area contributed by atoms with E-state index < -0.39 is 51.0 Å². The molecule has 0 aliphatic carbocycles. The third-order valence-corrected chi connectivity index (χ3v) is 35.0. The molecule has 0 fully saturated rings. The summed E-state index contributed by atoms with van der Waals surface area (Å²) in [5.74, 6) is 5.21. The molecular formula is C83H128Cl2O19Si6. The lowest BCUT2D eigenvalue weighted by Crippen LogP contribution is -2.56. The molecule has 0 saturated carbocycles. The van der Waals surface area contributed by atoms with Crippen LogP contribution in [-0.4, -0.2) is 151 Å². The predicted octanol–water partition coefficient (Wildman–Crippen LogP) is 19.6. The first kappa shape index (κ1) is 97.1. The molecule has 9 rings (SSSR count).